The van der Waals surface area contributed by atoms with Crippen LogP contribution in [0.2, 0.25) is 5.02 Å². The van der Waals surface area contributed by atoms with Crippen molar-refractivity contribution in [2.45, 2.75) is 45.4 Å². The monoisotopic (exact) mass is 448 g/mol. The molecule has 1 fully saturated rings. The summed E-state index contributed by atoms with van der Waals surface area (Å²) in [6.07, 6.45) is 1.36. The Balaban J connectivity index is 1.65. The van der Waals surface area contributed by atoms with Gasteiger partial charge in [-0.15, -0.1) is 0 Å². The first-order valence-corrected chi connectivity index (χ1v) is 12.2. The molecule has 3 rings (SSSR count). The van der Waals surface area contributed by atoms with Crippen LogP contribution in [0.4, 0.5) is 0 Å². The molecule has 0 radical (unpaired) electrons. The van der Waals surface area contributed by atoms with Crippen molar-refractivity contribution in [1.29, 1.82) is 0 Å². The van der Waals surface area contributed by atoms with Crippen LogP contribution in [-0.4, -0.2) is 31.7 Å². The van der Waals surface area contributed by atoms with Gasteiger partial charge in [-0.1, -0.05) is 47.5 Å². The Morgan fingerprint density at radius 3 is 2.70 bits per heavy atom. The summed E-state index contributed by atoms with van der Waals surface area (Å²) in [5, 5.41) is 3.59. The van der Waals surface area contributed by atoms with Crippen molar-refractivity contribution in [2.75, 3.05) is 13.1 Å². The number of nitrogens with one attached hydrogen (secondary N) is 1. The minimum Gasteiger partial charge on any atom is -0.349 e. The number of aryl methyl sites for hydroxylation is 2. The molecule has 1 amide bonds. The number of hydrogen-bond acceptors (Lipinski definition) is 3. The van der Waals surface area contributed by atoms with E-state index in [1.807, 2.05) is 32.9 Å². The van der Waals surface area contributed by atoms with Gasteiger partial charge in [0.25, 0.3) is 0 Å². The van der Waals surface area contributed by atoms with Gasteiger partial charge >= 0.3 is 0 Å². The third-order valence-electron chi connectivity index (χ3n) is 5.64. The summed E-state index contributed by atoms with van der Waals surface area (Å²) in [5.41, 5.74) is 4.05. The molecule has 0 unspecified atom stereocenters. The van der Waals surface area contributed by atoms with Gasteiger partial charge in [0, 0.05) is 18.1 Å². The number of rotatable bonds is 6. The number of benzene rings is 2. The topological polar surface area (TPSA) is 66.5 Å². The number of hydrogen-bond donors (Lipinski definition) is 1. The van der Waals surface area contributed by atoms with E-state index in [9.17, 15) is 13.2 Å². The molecule has 2 aromatic carbocycles. The average Bonchev–Trinajstić information content (AvgIpc) is 2.67. The van der Waals surface area contributed by atoms with E-state index in [4.69, 9.17) is 11.6 Å². The fourth-order valence-electron chi connectivity index (χ4n) is 4.06. The van der Waals surface area contributed by atoms with Crippen LogP contribution in [0, 0.1) is 19.8 Å². The Labute approximate surface area is 184 Å². The highest BCUT2D eigenvalue weighted by atomic mass is 35.5. The molecule has 0 saturated carbocycles. The first-order valence-electron chi connectivity index (χ1n) is 10.3. The fourth-order valence-corrected chi connectivity index (χ4v) is 5.87. The largest absolute Gasteiger partial charge is 0.349 e. The van der Waals surface area contributed by atoms with Crippen LogP contribution in [0.3, 0.4) is 0 Å². The smallest absolute Gasteiger partial charge is 0.224 e. The van der Waals surface area contributed by atoms with Gasteiger partial charge < -0.3 is 5.32 Å². The molecule has 1 aliphatic rings. The zero-order valence-electron chi connectivity index (χ0n) is 17.7. The van der Waals surface area contributed by atoms with E-state index in [2.05, 4.69) is 11.4 Å². The average molecular weight is 449 g/mol. The van der Waals surface area contributed by atoms with Crippen LogP contribution >= 0.6 is 11.6 Å². The van der Waals surface area contributed by atoms with Crippen LogP contribution < -0.4 is 5.32 Å². The summed E-state index contributed by atoms with van der Waals surface area (Å²) < 4.78 is 27.3. The molecule has 5 nitrogen and oxygen atoms in total. The number of amides is 1. The van der Waals surface area contributed by atoms with E-state index in [1.165, 1.54) is 9.87 Å². The Kier molecular flexibility index (Phi) is 7.22. The molecule has 1 saturated heterocycles. The minimum atomic E-state index is -3.52. The summed E-state index contributed by atoms with van der Waals surface area (Å²) in [7, 11) is -3.52. The number of carbonyl (C=O) groups is 1. The molecule has 2 aromatic rings. The molecule has 0 bridgehead atoms. The second-order valence-electron chi connectivity index (χ2n) is 8.17. The molecule has 1 heterocycles. The summed E-state index contributed by atoms with van der Waals surface area (Å²) in [6.45, 7) is 6.70. The third-order valence-corrected chi connectivity index (χ3v) is 7.69. The predicted molar refractivity (Wildman–Crippen MR) is 121 cm³/mol. The Morgan fingerprint density at radius 2 is 2.00 bits per heavy atom. The predicted octanol–water partition coefficient (Wildman–Crippen LogP) is 4.38. The molecular weight excluding hydrogens is 420 g/mol. The van der Waals surface area contributed by atoms with Crippen LogP contribution in [0.25, 0.3) is 0 Å². The summed E-state index contributed by atoms with van der Waals surface area (Å²) in [5.74, 6) is -0.549. The second kappa shape index (κ2) is 9.50. The van der Waals surface area contributed by atoms with Gasteiger partial charge in [-0.25, -0.2) is 12.7 Å². The van der Waals surface area contributed by atoms with Crippen LogP contribution in [0.1, 0.15) is 48.1 Å². The standard InChI is InChI=1S/C23H29ClN2O3S/c1-16-9-10-22(17(2)12-16)18(3)25-23(27)20-7-5-11-26(14-20)30(28,29)15-19-6-4-8-21(24)13-19/h4,6,8-10,12-13,18,20H,5,7,11,14-15H2,1-3H3,(H,25,27)/t18-,20+/m1/s1. The molecule has 0 spiro atoms. The normalized spacial score (nSPS) is 18.7. The Bertz CT molecular complexity index is 1020. The van der Waals surface area contributed by atoms with E-state index in [0.717, 1.165) is 11.1 Å². The van der Waals surface area contributed by atoms with E-state index in [-0.39, 0.29) is 30.2 Å². The first kappa shape index (κ1) is 22.8. The Morgan fingerprint density at radius 1 is 1.23 bits per heavy atom. The molecule has 30 heavy (non-hydrogen) atoms. The Hall–Kier alpha value is -1.89. The van der Waals surface area contributed by atoms with E-state index in [1.54, 1.807) is 24.3 Å². The van der Waals surface area contributed by atoms with Gasteiger partial charge in [0.2, 0.25) is 15.9 Å². The van der Waals surface area contributed by atoms with Crippen molar-refractivity contribution in [3.05, 3.63) is 69.7 Å². The van der Waals surface area contributed by atoms with Gasteiger partial charge in [0.05, 0.1) is 17.7 Å². The van der Waals surface area contributed by atoms with E-state index >= 15 is 0 Å². The maximum Gasteiger partial charge on any atom is 0.224 e. The summed E-state index contributed by atoms with van der Waals surface area (Å²) >= 11 is 5.98. The maximum absolute atomic E-state index is 12.9. The maximum atomic E-state index is 12.9. The molecule has 1 N–H and O–H groups in total. The summed E-state index contributed by atoms with van der Waals surface area (Å²) in [4.78, 5) is 12.9. The van der Waals surface area contributed by atoms with Gasteiger partial charge in [0.1, 0.15) is 0 Å². The third kappa shape index (κ3) is 5.62. The van der Waals surface area contributed by atoms with E-state index < -0.39 is 10.0 Å². The van der Waals surface area contributed by atoms with Crippen molar-refractivity contribution < 1.29 is 13.2 Å². The highest BCUT2D eigenvalue weighted by molar-refractivity contribution is 7.88. The number of carbonyl (C=O) groups excluding carboxylic acids is 1. The van der Waals surface area contributed by atoms with Gasteiger partial charge in [0.15, 0.2) is 0 Å². The zero-order valence-corrected chi connectivity index (χ0v) is 19.3. The quantitative estimate of drug-likeness (QED) is 0.713. The van der Waals surface area contributed by atoms with Crippen LogP contribution in [0.5, 0.6) is 0 Å². The van der Waals surface area contributed by atoms with Gasteiger partial charge in [-0.2, -0.15) is 0 Å². The first-order chi connectivity index (χ1) is 14.2. The van der Waals surface area contributed by atoms with Crippen molar-refractivity contribution in [3.63, 3.8) is 0 Å². The van der Waals surface area contributed by atoms with Crippen LogP contribution in [-0.2, 0) is 20.6 Å². The number of sulfonamides is 1. The van der Waals surface area contributed by atoms with Crippen molar-refractivity contribution >= 4 is 27.5 Å². The molecule has 1 aliphatic heterocycles. The molecule has 0 aromatic heterocycles. The second-order valence-corrected chi connectivity index (χ2v) is 10.6. The van der Waals surface area contributed by atoms with Crippen molar-refractivity contribution in [3.8, 4) is 0 Å². The molecular formula is C23H29ClN2O3S. The SMILES string of the molecule is Cc1ccc([C@@H](C)NC(=O)[C@H]2CCCN(S(=O)(=O)Cc3cccc(Cl)c3)C2)c(C)c1. The lowest BCUT2D eigenvalue weighted by atomic mass is 9.96. The number of piperidine rings is 1. The van der Waals surface area contributed by atoms with Gasteiger partial charge in [-0.05, 0) is 62.4 Å². The highest BCUT2D eigenvalue weighted by Gasteiger charge is 2.33. The molecule has 162 valence electrons. The van der Waals surface area contributed by atoms with Crippen LogP contribution in [0.15, 0.2) is 42.5 Å². The minimum absolute atomic E-state index is 0.0925. The summed E-state index contributed by atoms with van der Waals surface area (Å²) in [6, 6.07) is 12.9. The zero-order chi connectivity index (χ0) is 21.9. The van der Waals surface area contributed by atoms with E-state index in [0.29, 0.717) is 30.0 Å². The molecule has 0 aliphatic carbocycles. The lowest BCUT2D eigenvalue weighted by Gasteiger charge is -2.32. The van der Waals surface area contributed by atoms with Crippen molar-refractivity contribution in [2.24, 2.45) is 5.92 Å². The fraction of sp³-hybridized carbons (Fsp3) is 0.435. The lowest BCUT2D eigenvalue weighted by Crippen LogP contribution is -2.46. The molecule has 2 atom stereocenters. The lowest BCUT2D eigenvalue weighted by molar-refractivity contribution is -0.126. The number of halogens is 1. The van der Waals surface area contributed by atoms with Gasteiger partial charge in [-0.3, -0.25) is 4.79 Å². The highest BCUT2D eigenvalue weighted by Crippen LogP contribution is 2.24. The molecule has 7 heteroatoms. The number of nitrogens with zero attached hydrogens (tertiary/aromatic N) is 1. The van der Waals surface area contributed by atoms with Crippen molar-refractivity contribution in [1.82, 2.24) is 9.62 Å².